The standard InChI is InChI=1S/C77H150O17P2/c1-9-69(7)55-47-39-31-27-28-34-44-52-60-77(82)94-72(63-87-74(79)57-49-41-32-25-22-21-24-30-38-46-54-68(5)6)65-91-95(83,84)89-61-71(78)62-90-96(85,86)92-66-73(64-88-75(80)58-50-42-36-35-40-48-56-70(8)10-2)93-76(81)59-51-43-33-26-20-18-16-14-12-11-13-15-17-19-23-29-37-45-53-67(3)4/h67-73,78H,9-66H2,1-8H3,(H,83,84)(H,85,86)/t69?,70?,71-,72-,73-/m1/s1. The summed E-state index contributed by atoms with van der Waals surface area (Å²) in [5.41, 5.74) is 0. The van der Waals surface area contributed by atoms with Gasteiger partial charge in [0, 0.05) is 25.7 Å². The minimum absolute atomic E-state index is 0.104. The summed E-state index contributed by atoms with van der Waals surface area (Å²) < 4.78 is 68.5. The van der Waals surface area contributed by atoms with Gasteiger partial charge in [-0.3, -0.25) is 37.3 Å². The predicted octanol–water partition coefficient (Wildman–Crippen LogP) is 22.4. The third-order valence-corrected chi connectivity index (χ3v) is 20.4. The molecule has 17 nitrogen and oxygen atoms in total. The molecule has 0 aliphatic rings. The fraction of sp³-hybridized carbons (Fsp3) is 0.948. The van der Waals surface area contributed by atoms with Crippen LogP contribution in [0.3, 0.4) is 0 Å². The summed E-state index contributed by atoms with van der Waals surface area (Å²) in [7, 11) is -9.91. The van der Waals surface area contributed by atoms with Crippen LogP contribution in [0.2, 0.25) is 0 Å². The third kappa shape index (κ3) is 67.9. The molecule has 570 valence electrons. The van der Waals surface area contributed by atoms with Gasteiger partial charge < -0.3 is 33.8 Å². The van der Waals surface area contributed by atoms with Crippen molar-refractivity contribution in [2.24, 2.45) is 23.7 Å². The van der Waals surface area contributed by atoms with E-state index in [0.717, 1.165) is 120 Å². The number of unbranched alkanes of at least 4 members (excludes halogenated alkanes) is 38. The second-order valence-corrected chi connectivity index (χ2v) is 32.1. The van der Waals surface area contributed by atoms with E-state index in [2.05, 4.69) is 55.4 Å². The Morgan fingerprint density at radius 3 is 0.740 bits per heavy atom. The fourth-order valence-electron chi connectivity index (χ4n) is 11.7. The molecule has 0 aromatic rings. The van der Waals surface area contributed by atoms with Crippen molar-refractivity contribution >= 4 is 39.5 Å². The van der Waals surface area contributed by atoms with E-state index in [4.69, 9.17) is 37.0 Å². The van der Waals surface area contributed by atoms with E-state index < -0.39 is 97.5 Å². The van der Waals surface area contributed by atoms with Crippen molar-refractivity contribution in [3.05, 3.63) is 0 Å². The van der Waals surface area contributed by atoms with Gasteiger partial charge in [-0.2, -0.15) is 0 Å². The van der Waals surface area contributed by atoms with Crippen LogP contribution in [0, 0.1) is 23.7 Å². The van der Waals surface area contributed by atoms with Crippen LogP contribution in [0.15, 0.2) is 0 Å². The molecule has 0 radical (unpaired) electrons. The number of esters is 4. The van der Waals surface area contributed by atoms with Gasteiger partial charge in [0.25, 0.3) is 0 Å². The molecule has 0 amide bonds. The normalized spacial score (nSPS) is 14.7. The van der Waals surface area contributed by atoms with Gasteiger partial charge in [0.2, 0.25) is 0 Å². The Labute approximate surface area is 588 Å². The van der Waals surface area contributed by atoms with Crippen LogP contribution < -0.4 is 0 Å². The molecule has 96 heavy (non-hydrogen) atoms. The number of phosphoric acid groups is 2. The van der Waals surface area contributed by atoms with Gasteiger partial charge in [-0.25, -0.2) is 9.13 Å². The van der Waals surface area contributed by atoms with Crippen LogP contribution in [-0.4, -0.2) is 96.7 Å². The number of rotatable bonds is 74. The van der Waals surface area contributed by atoms with E-state index in [1.807, 2.05) is 0 Å². The van der Waals surface area contributed by atoms with Crippen molar-refractivity contribution < 1.29 is 80.2 Å². The molecule has 0 heterocycles. The number of aliphatic hydroxyl groups excluding tert-OH is 1. The maximum absolute atomic E-state index is 13.1. The highest BCUT2D eigenvalue weighted by molar-refractivity contribution is 7.47. The van der Waals surface area contributed by atoms with Crippen LogP contribution >= 0.6 is 15.6 Å². The zero-order valence-corrected chi connectivity index (χ0v) is 64.8. The molecule has 0 saturated carbocycles. The van der Waals surface area contributed by atoms with Crippen molar-refractivity contribution in [2.75, 3.05) is 39.6 Å². The van der Waals surface area contributed by atoms with Crippen LogP contribution in [0.1, 0.15) is 389 Å². The molecule has 0 aliphatic heterocycles. The van der Waals surface area contributed by atoms with Gasteiger partial charge in [-0.1, -0.05) is 338 Å². The first-order valence-electron chi connectivity index (χ1n) is 39.8. The van der Waals surface area contributed by atoms with Crippen molar-refractivity contribution in [1.29, 1.82) is 0 Å². The number of hydrogen-bond acceptors (Lipinski definition) is 15. The summed E-state index contributed by atoms with van der Waals surface area (Å²) in [5.74, 6) is 0.956. The van der Waals surface area contributed by atoms with Crippen molar-refractivity contribution in [3.8, 4) is 0 Å². The van der Waals surface area contributed by atoms with Gasteiger partial charge in [-0.15, -0.1) is 0 Å². The molecular weight excluding hydrogens is 1260 g/mol. The summed E-state index contributed by atoms with van der Waals surface area (Å²) in [6.45, 7) is 14.2. The fourth-order valence-corrected chi connectivity index (χ4v) is 13.2. The lowest BCUT2D eigenvalue weighted by Gasteiger charge is -2.21. The van der Waals surface area contributed by atoms with Crippen LogP contribution in [0.5, 0.6) is 0 Å². The predicted molar refractivity (Wildman–Crippen MR) is 391 cm³/mol. The molecule has 0 spiro atoms. The Kier molecular flexibility index (Phi) is 65.0. The lowest BCUT2D eigenvalue weighted by atomic mass is 9.99. The lowest BCUT2D eigenvalue weighted by molar-refractivity contribution is -0.161. The minimum atomic E-state index is -4.96. The molecular formula is C77H150O17P2. The number of aliphatic hydroxyl groups is 1. The summed E-state index contributed by atoms with van der Waals surface area (Å²) in [6, 6.07) is 0. The van der Waals surface area contributed by atoms with Gasteiger partial charge in [-0.05, 0) is 49.4 Å². The summed E-state index contributed by atoms with van der Waals surface area (Å²) in [6.07, 6.45) is 51.4. The van der Waals surface area contributed by atoms with E-state index in [9.17, 15) is 43.2 Å². The van der Waals surface area contributed by atoms with E-state index in [1.54, 1.807) is 0 Å². The van der Waals surface area contributed by atoms with Crippen LogP contribution in [-0.2, 0) is 65.4 Å². The van der Waals surface area contributed by atoms with Gasteiger partial charge >= 0.3 is 39.5 Å². The zero-order chi connectivity index (χ0) is 71.0. The van der Waals surface area contributed by atoms with Crippen LogP contribution in [0.4, 0.5) is 0 Å². The number of hydrogen-bond donors (Lipinski definition) is 3. The maximum atomic E-state index is 13.1. The molecule has 0 rings (SSSR count). The SMILES string of the molecule is CCC(C)CCCCCCCCCCC(=O)O[C@H](COC(=O)CCCCCCCCCCCCC(C)C)COP(=O)(O)OC[C@@H](O)COP(=O)(O)OC[C@@H](COC(=O)CCCCCCCCC(C)CC)OC(=O)CCCCCCCCCCCCCCCCCCCCC(C)C. The zero-order valence-electron chi connectivity index (χ0n) is 63.0. The van der Waals surface area contributed by atoms with E-state index in [0.29, 0.717) is 25.7 Å². The molecule has 0 fully saturated rings. The quantitative estimate of drug-likeness (QED) is 0.0222. The number of ether oxygens (including phenoxy) is 4. The average Bonchev–Trinajstić information content (AvgIpc) is 1.08. The van der Waals surface area contributed by atoms with Gasteiger partial charge in [0.05, 0.1) is 26.4 Å². The summed E-state index contributed by atoms with van der Waals surface area (Å²) in [4.78, 5) is 72.8. The Balaban J connectivity index is 5.20. The van der Waals surface area contributed by atoms with Crippen molar-refractivity contribution in [3.63, 3.8) is 0 Å². The molecule has 0 aliphatic carbocycles. The molecule has 19 heteroatoms. The first kappa shape index (κ1) is 94.1. The summed E-state index contributed by atoms with van der Waals surface area (Å²) in [5, 5.41) is 10.6. The molecule has 0 bridgehead atoms. The molecule has 0 aromatic carbocycles. The second kappa shape index (κ2) is 66.3. The average molecular weight is 1410 g/mol. The number of phosphoric ester groups is 2. The Morgan fingerprint density at radius 1 is 0.292 bits per heavy atom. The highest BCUT2D eigenvalue weighted by Gasteiger charge is 2.30. The highest BCUT2D eigenvalue weighted by atomic mass is 31.2. The topological polar surface area (TPSA) is 237 Å². The van der Waals surface area contributed by atoms with E-state index in [-0.39, 0.29) is 25.7 Å². The van der Waals surface area contributed by atoms with Crippen molar-refractivity contribution in [1.82, 2.24) is 0 Å². The lowest BCUT2D eigenvalue weighted by Crippen LogP contribution is -2.30. The first-order valence-corrected chi connectivity index (χ1v) is 42.8. The Bertz CT molecular complexity index is 1890. The largest absolute Gasteiger partial charge is 0.472 e. The second-order valence-electron chi connectivity index (χ2n) is 29.2. The smallest absolute Gasteiger partial charge is 0.462 e. The maximum Gasteiger partial charge on any atom is 0.472 e. The third-order valence-electron chi connectivity index (χ3n) is 18.5. The molecule has 0 aromatic heterocycles. The van der Waals surface area contributed by atoms with Gasteiger partial charge in [0.15, 0.2) is 12.2 Å². The highest BCUT2D eigenvalue weighted by Crippen LogP contribution is 2.45. The minimum Gasteiger partial charge on any atom is -0.462 e. The van der Waals surface area contributed by atoms with E-state index >= 15 is 0 Å². The monoisotopic (exact) mass is 1410 g/mol. The number of carbonyl (C=O) groups excluding carboxylic acids is 4. The molecule has 7 atom stereocenters. The van der Waals surface area contributed by atoms with Gasteiger partial charge in [0.1, 0.15) is 19.3 Å². The summed E-state index contributed by atoms with van der Waals surface area (Å²) >= 11 is 0. The molecule has 3 N–H and O–H groups in total. The van der Waals surface area contributed by atoms with E-state index in [1.165, 1.54) is 186 Å². The Hall–Kier alpha value is -1.94. The number of carbonyl (C=O) groups is 4. The first-order chi connectivity index (χ1) is 46.2. The Morgan fingerprint density at radius 2 is 0.500 bits per heavy atom. The van der Waals surface area contributed by atoms with Crippen molar-refractivity contribution in [2.45, 2.75) is 408 Å². The molecule has 4 unspecified atom stereocenters. The molecule has 0 saturated heterocycles. The van der Waals surface area contributed by atoms with Crippen LogP contribution in [0.25, 0.3) is 0 Å².